The zero-order valence-electron chi connectivity index (χ0n) is 20.6. The molecule has 0 saturated heterocycles. The number of aliphatic hydroxyl groups excluding tert-OH is 1. The third-order valence-electron chi connectivity index (χ3n) is 9.92. The first-order valence-electron chi connectivity index (χ1n) is 13.4. The summed E-state index contributed by atoms with van der Waals surface area (Å²) in [5.41, 5.74) is 6.03. The molecule has 6 rings (SSSR count). The maximum Gasteiger partial charge on any atom is 0.156 e. The lowest BCUT2D eigenvalue weighted by Gasteiger charge is -2.55. The van der Waals surface area contributed by atoms with Crippen molar-refractivity contribution in [3.8, 4) is 10.4 Å². The van der Waals surface area contributed by atoms with Gasteiger partial charge < -0.3 is 10.2 Å². The monoisotopic (exact) mass is 488 g/mol. The molecule has 4 aliphatic carbocycles. The first-order chi connectivity index (χ1) is 16.9. The van der Waals surface area contributed by atoms with E-state index in [0.29, 0.717) is 31.1 Å². The van der Waals surface area contributed by atoms with E-state index in [1.165, 1.54) is 27.2 Å². The Bertz CT molecular complexity index is 1170. The number of carbonyl (C=O) groups excluding carboxylic acids is 1. The van der Waals surface area contributed by atoms with Gasteiger partial charge >= 0.3 is 0 Å². The van der Waals surface area contributed by atoms with Crippen molar-refractivity contribution in [2.24, 2.45) is 17.3 Å². The number of allylic oxidation sites excluding steroid dienone is 4. The minimum absolute atomic E-state index is 0.136. The molecule has 0 radical (unpaired) electrons. The van der Waals surface area contributed by atoms with E-state index in [2.05, 4.69) is 48.7 Å². The number of ketones is 1. The summed E-state index contributed by atoms with van der Waals surface area (Å²) >= 11 is 1.77. The van der Waals surface area contributed by atoms with E-state index in [-0.39, 0.29) is 23.7 Å². The summed E-state index contributed by atoms with van der Waals surface area (Å²) in [7, 11) is 0. The summed E-state index contributed by atoms with van der Waals surface area (Å²) in [5.74, 6) is 1.48. The third kappa shape index (κ3) is 3.72. The lowest BCUT2D eigenvalue weighted by atomic mass is 9.51. The smallest absolute Gasteiger partial charge is 0.156 e. The highest BCUT2D eigenvalue weighted by Gasteiger charge is 2.62. The second-order valence-corrected chi connectivity index (χ2v) is 12.4. The molecule has 4 aliphatic rings. The number of carbonyl (C=O) groups is 1. The molecule has 2 saturated carbocycles. The molecule has 2 aromatic rings. The fourth-order valence-electron chi connectivity index (χ4n) is 8.16. The van der Waals surface area contributed by atoms with Crippen molar-refractivity contribution >= 4 is 17.1 Å². The Morgan fingerprint density at radius 2 is 1.91 bits per heavy atom. The highest BCUT2D eigenvalue weighted by Crippen LogP contribution is 2.67. The minimum atomic E-state index is -0.718. The van der Waals surface area contributed by atoms with Crippen LogP contribution in [0, 0.1) is 17.3 Å². The van der Waals surface area contributed by atoms with Crippen molar-refractivity contribution in [3.63, 3.8) is 0 Å². The summed E-state index contributed by atoms with van der Waals surface area (Å²) in [5, 5.41) is 23.6. The molecule has 3 nitrogen and oxygen atoms in total. The molecule has 2 N–H and O–H groups in total. The van der Waals surface area contributed by atoms with Gasteiger partial charge in [-0.25, -0.2) is 0 Å². The Hall–Kier alpha value is -2.01. The van der Waals surface area contributed by atoms with Crippen molar-refractivity contribution in [1.82, 2.24) is 0 Å². The van der Waals surface area contributed by atoms with Crippen LogP contribution >= 0.6 is 11.3 Å². The summed E-state index contributed by atoms with van der Waals surface area (Å²) in [6, 6.07) is 13.4. The molecule has 0 aliphatic heterocycles. The van der Waals surface area contributed by atoms with Crippen LogP contribution in [0.4, 0.5) is 0 Å². The van der Waals surface area contributed by atoms with Gasteiger partial charge in [0.15, 0.2) is 5.78 Å². The van der Waals surface area contributed by atoms with E-state index in [0.717, 1.165) is 38.5 Å². The van der Waals surface area contributed by atoms with Crippen LogP contribution in [0.3, 0.4) is 0 Å². The molecule has 4 heteroatoms. The Morgan fingerprint density at radius 1 is 1.09 bits per heavy atom. The van der Waals surface area contributed by atoms with Crippen molar-refractivity contribution in [1.29, 1.82) is 0 Å². The molecule has 184 valence electrons. The fraction of sp³-hybridized carbons (Fsp3) is 0.516. The van der Waals surface area contributed by atoms with Gasteiger partial charge in [0.05, 0.1) is 5.60 Å². The molecule has 1 aromatic heterocycles. The van der Waals surface area contributed by atoms with E-state index in [9.17, 15) is 15.0 Å². The van der Waals surface area contributed by atoms with E-state index in [1.54, 1.807) is 16.9 Å². The third-order valence-corrected chi connectivity index (χ3v) is 10.8. The van der Waals surface area contributed by atoms with Crippen molar-refractivity contribution in [2.75, 3.05) is 6.61 Å². The van der Waals surface area contributed by atoms with Gasteiger partial charge in [0.25, 0.3) is 0 Å². The maximum atomic E-state index is 12.2. The lowest BCUT2D eigenvalue weighted by Crippen LogP contribution is -2.51. The van der Waals surface area contributed by atoms with Gasteiger partial charge in [-0.05, 0) is 103 Å². The molecule has 0 bridgehead atoms. The molecule has 2 fully saturated rings. The number of fused-ring (bicyclic) bond motifs is 4. The molecule has 5 atom stereocenters. The van der Waals surface area contributed by atoms with Gasteiger partial charge in [-0.15, -0.1) is 11.3 Å². The second-order valence-electron chi connectivity index (χ2n) is 11.5. The number of rotatable bonds is 5. The number of hydrogen-bond donors (Lipinski definition) is 2. The van der Waals surface area contributed by atoms with E-state index in [4.69, 9.17) is 0 Å². The standard InChI is InChI=1S/C31H36O3S/c1-30-19-26(20-5-7-21(8-6-20)28-4-2-17-35-28)29-24-12-10-23(33)18-22(24)9-11-25(29)27(30)13-15-31(30,34)14-3-16-32/h2,4-8,17-18,25-27,32,34H,3,9-16,19H2,1H3/t25-,26+,27-,30+,31+/m0/s1. The van der Waals surface area contributed by atoms with E-state index < -0.39 is 5.60 Å². The number of thiophene rings is 1. The van der Waals surface area contributed by atoms with Crippen LogP contribution in [-0.4, -0.2) is 28.2 Å². The average Bonchev–Trinajstić information content (AvgIpc) is 3.49. The van der Waals surface area contributed by atoms with Gasteiger partial charge in [0.2, 0.25) is 0 Å². The van der Waals surface area contributed by atoms with E-state index in [1.807, 2.05) is 6.08 Å². The topological polar surface area (TPSA) is 57.5 Å². The van der Waals surface area contributed by atoms with Crippen LogP contribution in [0.1, 0.15) is 76.2 Å². The second kappa shape index (κ2) is 8.83. The average molecular weight is 489 g/mol. The van der Waals surface area contributed by atoms with Gasteiger partial charge in [0, 0.05) is 29.2 Å². The van der Waals surface area contributed by atoms with Gasteiger partial charge in [-0.2, -0.15) is 0 Å². The normalized spacial score (nSPS) is 34.3. The van der Waals surface area contributed by atoms with Crippen molar-refractivity contribution in [2.45, 2.75) is 76.2 Å². The SMILES string of the molecule is C[C@@]12C[C@H](c3ccc(-c4cccs4)cc3)C3=C4CCC(=O)C=C4CC[C@H]3[C@@H]1CC[C@]2(O)CCCO. The molecular formula is C31H36O3S. The fourth-order valence-corrected chi connectivity index (χ4v) is 8.89. The van der Waals surface area contributed by atoms with Gasteiger partial charge in [-0.3, -0.25) is 4.79 Å². The van der Waals surface area contributed by atoms with Crippen molar-refractivity contribution in [3.05, 3.63) is 70.1 Å². The summed E-state index contributed by atoms with van der Waals surface area (Å²) in [6.07, 6.45) is 9.66. The highest BCUT2D eigenvalue weighted by atomic mass is 32.1. The first kappa shape index (κ1) is 23.4. The quantitative estimate of drug-likeness (QED) is 0.486. The summed E-state index contributed by atoms with van der Waals surface area (Å²) < 4.78 is 0. The predicted molar refractivity (Wildman–Crippen MR) is 141 cm³/mol. The molecule has 0 spiro atoms. The summed E-state index contributed by atoms with van der Waals surface area (Å²) in [6.45, 7) is 2.48. The van der Waals surface area contributed by atoms with Crippen LogP contribution in [-0.2, 0) is 4.79 Å². The highest BCUT2D eigenvalue weighted by molar-refractivity contribution is 7.13. The Kier molecular flexibility index (Phi) is 5.90. The van der Waals surface area contributed by atoms with Crippen LogP contribution in [0.5, 0.6) is 0 Å². The maximum absolute atomic E-state index is 12.2. The summed E-state index contributed by atoms with van der Waals surface area (Å²) in [4.78, 5) is 13.5. The van der Waals surface area contributed by atoms with E-state index >= 15 is 0 Å². The number of aliphatic hydroxyl groups is 2. The molecular weight excluding hydrogens is 452 g/mol. The van der Waals surface area contributed by atoms with Crippen LogP contribution < -0.4 is 0 Å². The lowest BCUT2D eigenvalue weighted by molar-refractivity contribution is -0.114. The van der Waals surface area contributed by atoms with Gasteiger partial charge in [-0.1, -0.05) is 42.8 Å². The van der Waals surface area contributed by atoms with Crippen LogP contribution in [0.2, 0.25) is 0 Å². The largest absolute Gasteiger partial charge is 0.396 e. The Labute approximate surface area is 212 Å². The zero-order chi connectivity index (χ0) is 24.2. The van der Waals surface area contributed by atoms with Crippen LogP contribution in [0.25, 0.3) is 10.4 Å². The minimum Gasteiger partial charge on any atom is -0.396 e. The van der Waals surface area contributed by atoms with Gasteiger partial charge in [0.1, 0.15) is 0 Å². The molecule has 1 aromatic carbocycles. The first-order valence-corrected chi connectivity index (χ1v) is 14.3. The number of hydrogen-bond acceptors (Lipinski definition) is 4. The van der Waals surface area contributed by atoms with Crippen LogP contribution in [0.15, 0.2) is 64.6 Å². The molecule has 0 amide bonds. The Morgan fingerprint density at radius 3 is 2.66 bits per heavy atom. The zero-order valence-corrected chi connectivity index (χ0v) is 21.4. The number of benzene rings is 1. The van der Waals surface area contributed by atoms with Crippen molar-refractivity contribution < 1.29 is 15.0 Å². The predicted octanol–water partition coefficient (Wildman–Crippen LogP) is 6.82. The molecule has 35 heavy (non-hydrogen) atoms. The molecule has 0 unspecified atom stereocenters. The molecule has 1 heterocycles. The Balaban J connectivity index is 1.46.